The van der Waals surface area contributed by atoms with Gasteiger partial charge in [-0.15, -0.1) is 0 Å². The number of likely N-dealkylation sites (tertiary alicyclic amines) is 1. The summed E-state index contributed by atoms with van der Waals surface area (Å²) in [5.41, 5.74) is 1.70. The monoisotopic (exact) mass is 331 g/mol. The van der Waals surface area contributed by atoms with Crippen LogP contribution in [0.2, 0.25) is 0 Å². The van der Waals surface area contributed by atoms with E-state index in [1.54, 1.807) is 0 Å². The summed E-state index contributed by atoms with van der Waals surface area (Å²) in [5, 5.41) is 0. The summed E-state index contributed by atoms with van der Waals surface area (Å²) in [7, 11) is 0. The van der Waals surface area contributed by atoms with Crippen molar-refractivity contribution in [1.82, 2.24) is 14.5 Å². The maximum atomic E-state index is 12.5. The summed E-state index contributed by atoms with van der Waals surface area (Å²) < 4.78 is 12.6. The van der Waals surface area contributed by atoms with Gasteiger partial charge in [-0.2, -0.15) is 0 Å². The van der Waals surface area contributed by atoms with Crippen LogP contribution in [0.4, 0.5) is 0 Å². The van der Waals surface area contributed by atoms with Crippen molar-refractivity contribution in [2.45, 2.75) is 25.0 Å². The summed E-state index contributed by atoms with van der Waals surface area (Å²) in [6, 6.07) is 7.83. The van der Waals surface area contributed by atoms with E-state index in [4.69, 9.17) is 9.47 Å². The molecule has 2 aromatic rings. The second-order valence-corrected chi connectivity index (χ2v) is 6.31. The van der Waals surface area contributed by atoms with Gasteiger partial charge in [0.05, 0.1) is 30.9 Å². The Morgan fingerprint density at radius 2 is 1.96 bits per heavy atom. The summed E-state index contributed by atoms with van der Waals surface area (Å²) in [5.74, 6) is -0.000534. The van der Waals surface area contributed by atoms with Crippen molar-refractivity contribution in [3.8, 4) is 0 Å². The molecule has 1 aromatic carbocycles. The molecule has 1 aromatic heterocycles. The first-order chi connectivity index (χ1) is 11.7. The Labute approximate surface area is 139 Å². The number of carbonyl (C=O) groups is 1. The molecule has 1 atom stereocenters. The van der Waals surface area contributed by atoms with E-state index in [9.17, 15) is 9.59 Å². The van der Waals surface area contributed by atoms with Crippen molar-refractivity contribution in [2.24, 2.45) is 0 Å². The Kier molecular flexibility index (Phi) is 4.12. The highest BCUT2D eigenvalue weighted by Crippen LogP contribution is 2.25. The lowest BCUT2D eigenvalue weighted by Crippen LogP contribution is -2.48. The van der Waals surface area contributed by atoms with Gasteiger partial charge in [0.1, 0.15) is 0 Å². The molecule has 7 nitrogen and oxygen atoms in total. The molecule has 0 radical (unpaired) electrons. The predicted molar refractivity (Wildman–Crippen MR) is 88.0 cm³/mol. The minimum absolute atomic E-state index is 0.000534. The van der Waals surface area contributed by atoms with E-state index in [2.05, 4.69) is 4.98 Å². The number of ether oxygens (including phenoxy) is 2. The van der Waals surface area contributed by atoms with Gasteiger partial charge in [0.2, 0.25) is 0 Å². The van der Waals surface area contributed by atoms with E-state index in [-0.39, 0.29) is 17.6 Å². The molecule has 0 bridgehead atoms. The number of benzene rings is 1. The van der Waals surface area contributed by atoms with Gasteiger partial charge in [0.15, 0.2) is 6.10 Å². The van der Waals surface area contributed by atoms with E-state index < -0.39 is 6.10 Å². The first-order valence-corrected chi connectivity index (χ1v) is 8.41. The third kappa shape index (κ3) is 2.74. The average molecular weight is 331 g/mol. The van der Waals surface area contributed by atoms with Gasteiger partial charge < -0.3 is 19.4 Å². The summed E-state index contributed by atoms with van der Waals surface area (Å²) in [6.45, 7) is 2.62. The molecule has 7 heteroatoms. The number of hydrogen-bond donors (Lipinski definition) is 1. The molecule has 2 aliphatic heterocycles. The molecule has 1 N–H and O–H groups in total. The number of aromatic amines is 1. The highest BCUT2D eigenvalue weighted by Gasteiger charge is 2.31. The van der Waals surface area contributed by atoms with E-state index in [1.807, 2.05) is 33.7 Å². The summed E-state index contributed by atoms with van der Waals surface area (Å²) >= 11 is 0. The fraction of sp³-hybridized carbons (Fsp3) is 0.529. The number of para-hydroxylation sites is 2. The van der Waals surface area contributed by atoms with Crippen molar-refractivity contribution in [3.63, 3.8) is 0 Å². The predicted octanol–water partition coefficient (Wildman–Crippen LogP) is 0.909. The number of piperidine rings is 1. The lowest BCUT2D eigenvalue weighted by atomic mass is 10.0. The number of amides is 1. The van der Waals surface area contributed by atoms with Crippen LogP contribution in [0.1, 0.15) is 18.9 Å². The van der Waals surface area contributed by atoms with Crippen LogP contribution in [0.15, 0.2) is 29.1 Å². The number of H-pyrrole nitrogens is 1. The van der Waals surface area contributed by atoms with Gasteiger partial charge in [0.25, 0.3) is 5.91 Å². The zero-order valence-electron chi connectivity index (χ0n) is 13.4. The molecule has 128 valence electrons. The molecular weight excluding hydrogens is 310 g/mol. The highest BCUT2D eigenvalue weighted by atomic mass is 16.6. The van der Waals surface area contributed by atoms with E-state index in [1.165, 1.54) is 0 Å². The molecule has 2 fully saturated rings. The maximum Gasteiger partial charge on any atom is 0.326 e. The standard InChI is InChI=1S/C17H21N3O4/c21-16(15-11-23-9-10-24-15)19-7-5-12(6-8-19)20-14-4-2-1-3-13(14)18-17(20)22/h1-4,12,15H,5-11H2,(H,18,22)/t15-/m1/s1. The Morgan fingerprint density at radius 3 is 2.71 bits per heavy atom. The molecule has 2 saturated heterocycles. The minimum atomic E-state index is -0.480. The number of hydrogen-bond acceptors (Lipinski definition) is 4. The number of nitrogens with zero attached hydrogens (tertiary/aromatic N) is 2. The minimum Gasteiger partial charge on any atom is -0.376 e. The third-order valence-corrected chi connectivity index (χ3v) is 4.86. The molecule has 4 rings (SSSR count). The number of fused-ring (bicyclic) bond motifs is 1. The largest absolute Gasteiger partial charge is 0.376 e. The average Bonchev–Trinajstić information content (AvgIpc) is 2.98. The quantitative estimate of drug-likeness (QED) is 0.887. The molecule has 2 aliphatic rings. The molecule has 1 amide bonds. The number of nitrogens with one attached hydrogen (secondary N) is 1. The first-order valence-electron chi connectivity index (χ1n) is 8.41. The van der Waals surface area contributed by atoms with Crippen LogP contribution in [-0.4, -0.2) is 59.4 Å². The molecule has 24 heavy (non-hydrogen) atoms. The van der Waals surface area contributed by atoms with Crippen LogP contribution in [0, 0.1) is 0 Å². The van der Waals surface area contributed by atoms with Crippen molar-refractivity contribution >= 4 is 16.9 Å². The van der Waals surface area contributed by atoms with Crippen LogP contribution in [0.3, 0.4) is 0 Å². The van der Waals surface area contributed by atoms with E-state index >= 15 is 0 Å². The van der Waals surface area contributed by atoms with E-state index in [0.717, 1.165) is 23.9 Å². The topological polar surface area (TPSA) is 76.6 Å². The molecular formula is C17H21N3O4. The zero-order valence-corrected chi connectivity index (χ0v) is 13.4. The van der Waals surface area contributed by atoms with Crippen molar-refractivity contribution in [1.29, 1.82) is 0 Å². The molecule has 0 aliphatic carbocycles. The van der Waals surface area contributed by atoms with Crippen molar-refractivity contribution in [2.75, 3.05) is 32.9 Å². The van der Waals surface area contributed by atoms with Crippen LogP contribution in [0.25, 0.3) is 11.0 Å². The third-order valence-electron chi connectivity index (χ3n) is 4.86. The van der Waals surface area contributed by atoms with Crippen molar-refractivity contribution in [3.05, 3.63) is 34.7 Å². The number of aromatic nitrogens is 2. The molecule has 0 spiro atoms. The molecule has 0 unspecified atom stereocenters. The Bertz CT molecular complexity index is 782. The Balaban J connectivity index is 1.46. The highest BCUT2D eigenvalue weighted by molar-refractivity contribution is 5.81. The SMILES string of the molecule is O=C([C@H]1COCCO1)N1CCC(n2c(=O)[nH]c3ccccc32)CC1. The van der Waals surface area contributed by atoms with Crippen LogP contribution in [-0.2, 0) is 14.3 Å². The second-order valence-electron chi connectivity index (χ2n) is 6.31. The summed E-state index contributed by atoms with van der Waals surface area (Å²) in [4.78, 5) is 29.5. The van der Waals surface area contributed by atoms with Crippen LogP contribution < -0.4 is 5.69 Å². The fourth-order valence-corrected chi connectivity index (χ4v) is 3.62. The van der Waals surface area contributed by atoms with Gasteiger partial charge in [-0.25, -0.2) is 4.79 Å². The number of imidazole rings is 1. The van der Waals surface area contributed by atoms with Gasteiger partial charge in [-0.05, 0) is 25.0 Å². The van der Waals surface area contributed by atoms with Gasteiger partial charge in [0, 0.05) is 19.1 Å². The number of carbonyl (C=O) groups excluding carboxylic acids is 1. The molecule has 3 heterocycles. The fourth-order valence-electron chi connectivity index (χ4n) is 3.62. The van der Waals surface area contributed by atoms with Crippen LogP contribution >= 0.6 is 0 Å². The lowest BCUT2D eigenvalue weighted by Gasteiger charge is -2.35. The molecule has 0 saturated carbocycles. The normalized spacial score (nSPS) is 22.8. The van der Waals surface area contributed by atoms with Gasteiger partial charge in [-0.3, -0.25) is 9.36 Å². The number of rotatable bonds is 2. The second kappa shape index (κ2) is 6.41. The summed E-state index contributed by atoms with van der Waals surface area (Å²) in [6.07, 6.45) is 1.05. The maximum absolute atomic E-state index is 12.5. The Morgan fingerprint density at radius 1 is 1.17 bits per heavy atom. The van der Waals surface area contributed by atoms with Gasteiger partial charge >= 0.3 is 5.69 Å². The van der Waals surface area contributed by atoms with Gasteiger partial charge in [-0.1, -0.05) is 12.1 Å². The van der Waals surface area contributed by atoms with Crippen molar-refractivity contribution < 1.29 is 14.3 Å². The zero-order chi connectivity index (χ0) is 16.5. The smallest absolute Gasteiger partial charge is 0.326 e. The van der Waals surface area contributed by atoms with Crippen LogP contribution in [0.5, 0.6) is 0 Å². The lowest BCUT2D eigenvalue weighted by molar-refractivity contribution is -0.159. The van der Waals surface area contributed by atoms with E-state index in [0.29, 0.717) is 32.9 Å². The Hall–Kier alpha value is -2.12. The first kappa shape index (κ1) is 15.4.